The average molecular weight is 878 g/mol. The van der Waals surface area contributed by atoms with E-state index in [0.717, 1.165) is 51.4 Å². The zero-order chi connectivity index (χ0) is 45.1. The maximum absolute atomic E-state index is 13.0. The molecule has 1 aliphatic heterocycles. The van der Waals surface area contributed by atoms with Crippen molar-refractivity contribution in [3.8, 4) is 0 Å². The lowest BCUT2D eigenvalue weighted by Crippen LogP contribution is -2.60. The van der Waals surface area contributed by atoms with Gasteiger partial charge in [0.15, 0.2) is 6.29 Å². The van der Waals surface area contributed by atoms with Crippen molar-refractivity contribution in [1.82, 2.24) is 5.32 Å². The summed E-state index contributed by atoms with van der Waals surface area (Å²) >= 11 is 0. The van der Waals surface area contributed by atoms with Gasteiger partial charge >= 0.3 is 0 Å². The SMILES string of the molecule is CCCCCCCCCCCCC/C=C\CCCCCCCCCC(=O)NC(COC1OC(CO)C(O)C(O)C1O)C(O)/C=C/CC/C=C/CCCCCCCCCCCCC. The molecule has 0 radical (unpaired) electrons. The first-order chi connectivity index (χ1) is 30.3. The normalized spacial score (nSPS) is 20.5. The summed E-state index contributed by atoms with van der Waals surface area (Å²) in [5.41, 5.74) is 0. The molecule has 1 amide bonds. The van der Waals surface area contributed by atoms with Crippen LogP contribution in [0.25, 0.3) is 0 Å². The minimum Gasteiger partial charge on any atom is -0.394 e. The molecule has 0 aromatic heterocycles. The van der Waals surface area contributed by atoms with Gasteiger partial charge in [-0.15, -0.1) is 0 Å². The largest absolute Gasteiger partial charge is 0.394 e. The Labute approximate surface area is 381 Å². The van der Waals surface area contributed by atoms with Crippen LogP contribution in [0, 0.1) is 0 Å². The molecule has 1 saturated heterocycles. The maximum Gasteiger partial charge on any atom is 0.220 e. The van der Waals surface area contributed by atoms with Crippen molar-refractivity contribution in [2.75, 3.05) is 13.2 Å². The molecule has 9 heteroatoms. The Balaban J connectivity index is 2.30. The number of hydrogen-bond donors (Lipinski definition) is 6. The summed E-state index contributed by atoms with van der Waals surface area (Å²) in [6, 6.07) is -0.823. The molecule has 1 fully saturated rings. The fourth-order valence-electron chi connectivity index (χ4n) is 8.23. The quantitative estimate of drug-likeness (QED) is 0.0262. The third-order valence-corrected chi connectivity index (χ3v) is 12.4. The van der Waals surface area contributed by atoms with Gasteiger partial charge in [0.1, 0.15) is 24.4 Å². The molecule has 62 heavy (non-hydrogen) atoms. The first-order valence-electron chi connectivity index (χ1n) is 26.2. The van der Waals surface area contributed by atoms with Crippen molar-refractivity contribution >= 4 is 5.91 Å². The van der Waals surface area contributed by atoms with Gasteiger partial charge in [-0.05, 0) is 57.8 Å². The van der Waals surface area contributed by atoms with Crippen LogP contribution in [0.2, 0.25) is 0 Å². The van der Waals surface area contributed by atoms with E-state index in [1.807, 2.05) is 6.08 Å². The van der Waals surface area contributed by atoms with Crippen LogP contribution in [0.15, 0.2) is 36.5 Å². The number of carbonyl (C=O) groups is 1. The first kappa shape index (κ1) is 58.4. The molecular weight excluding hydrogens is 779 g/mol. The monoisotopic (exact) mass is 878 g/mol. The summed E-state index contributed by atoms with van der Waals surface area (Å²) in [7, 11) is 0. The van der Waals surface area contributed by atoms with E-state index in [0.29, 0.717) is 6.42 Å². The molecule has 364 valence electrons. The van der Waals surface area contributed by atoms with Crippen molar-refractivity contribution in [3.05, 3.63) is 36.5 Å². The Morgan fingerprint density at radius 3 is 1.35 bits per heavy atom. The van der Waals surface area contributed by atoms with Crippen molar-refractivity contribution in [1.29, 1.82) is 0 Å². The van der Waals surface area contributed by atoms with E-state index in [9.17, 15) is 30.3 Å². The second-order valence-electron chi connectivity index (χ2n) is 18.3. The second-order valence-corrected chi connectivity index (χ2v) is 18.3. The van der Waals surface area contributed by atoms with E-state index in [-0.39, 0.29) is 12.5 Å². The first-order valence-corrected chi connectivity index (χ1v) is 26.2. The molecule has 1 aliphatic rings. The number of unbranched alkanes of at least 4 members (excludes halogenated alkanes) is 30. The zero-order valence-electron chi connectivity index (χ0n) is 40.1. The summed E-state index contributed by atoms with van der Waals surface area (Å²) in [6.45, 7) is 3.77. The molecule has 1 heterocycles. The van der Waals surface area contributed by atoms with E-state index < -0.39 is 49.5 Å². The summed E-state index contributed by atoms with van der Waals surface area (Å²) < 4.78 is 11.2. The molecule has 7 atom stereocenters. The van der Waals surface area contributed by atoms with E-state index in [4.69, 9.17) is 9.47 Å². The maximum atomic E-state index is 13.0. The number of allylic oxidation sites excluding steroid dienone is 5. The number of nitrogens with one attached hydrogen (secondary N) is 1. The molecule has 6 N–H and O–H groups in total. The lowest BCUT2D eigenvalue weighted by molar-refractivity contribution is -0.302. The lowest BCUT2D eigenvalue weighted by atomic mass is 9.99. The van der Waals surface area contributed by atoms with Crippen LogP contribution in [0.3, 0.4) is 0 Å². The van der Waals surface area contributed by atoms with Gasteiger partial charge in [-0.3, -0.25) is 4.79 Å². The van der Waals surface area contributed by atoms with E-state index >= 15 is 0 Å². The lowest BCUT2D eigenvalue weighted by Gasteiger charge is -2.40. The van der Waals surface area contributed by atoms with Crippen LogP contribution in [0.4, 0.5) is 0 Å². The van der Waals surface area contributed by atoms with Gasteiger partial charge in [0, 0.05) is 6.42 Å². The van der Waals surface area contributed by atoms with Crippen molar-refractivity contribution in [2.24, 2.45) is 0 Å². The van der Waals surface area contributed by atoms with Gasteiger partial charge in [-0.2, -0.15) is 0 Å². The van der Waals surface area contributed by atoms with Crippen LogP contribution in [0.1, 0.15) is 239 Å². The van der Waals surface area contributed by atoms with Crippen LogP contribution >= 0.6 is 0 Å². The summed E-state index contributed by atoms with van der Waals surface area (Å²) in [5, 5.41) is 54.3. The molecule has 0 aliphatic carbocycles. The van der Waals surface area contributed by atoms with Gasteiger partial charge in [-0.1, -0.05) is 211 Å². The Hall–Kier alpha value is -1.59. The molecule has 9 nitrogen and oxygen atoms in total. The zero-order valence-corrected chi connectivity index (χ0v) is 40.1. The van der Waals surface area contributed by atoms with Crippen molar-refractivity contribution in [2.45, 2.75) is 281 Å². The topological polar surface area (TPSA) is 149 Å². The van der Waals surface area contributed by atoms with Crippen LogP contribution in [-0.2, 0) is 14.3 Å². The fraction of sp³-hybridized carbons (Fsp3) is 0.868. The van der Waals surface area contributed by atoms with Gasteiger partial charge in [0.2, 0.25) is 5.91 Å². The molecular formula is C53H99NO8. The Morgan fingerprint density at radius 1 is 0.532 bits per heavy atom. The smallest absolute Gasteiger partial charge is 0.220 e. The fourth-order valence-corrected chi connectivity index (χ4v) is 8.23. The van der Waals surface area contributed by atoms with Crippen molar-refractivity contribution < 1.29 is 39.8 Å². The molecule has 0 spiro atoms. The molecule has 7 unspecified atom stereocenters. The number of amides is 1. The molecule has 0 bridgehead atoms. The third-order valence-electron chi connectivity index (χ3n) is 12.4. The second kappa shape index (κ2) is 43.3. The average Bonchev–Trinajstić information content (AvgIpc) is 3.27. The van der Waals surface area contributed by atoms with Crippen LogP contribution in [-0.4, -0.2) is 87.5 Å². The van der Waals surface area contributed by atoms with Crippen LogP contribution in [0.5, 0.6) is 0 Å². The number of hydrogen-bond acceptors (Lipinski definition) is 8. The number of ether oxygens (including phenoxy) is 2. The minimum absolute atomic E-state index is 0.190. The highest BCUT2D eigenvalue weighted by atomic mass is 16.7. The standard InChI is InChI=1S/C53H99NO8/c1-3-5-7-9-11-13-15-17-19-21-22-23-24-25-27-29-31-33-35-37-39-41-43-49(57)54-46(45-61-53-52(60)51(59)50(58)48(44-55)62-53)47(56)42-40-38-36-34-32-30-28-26-20-18-16-14-12-10-8-6-4-2/h24-25,32,34,40,42,46-48,50-53,55-56,58-60H,3-23,26-31,33,35-39,41,43-45H2,1-2H3,(H,54,57)/b25-24-,34-32+,42-40+. The molecule has 0 aromatic rings. The third kappa shape index (κ3) is 33.0. The predicted octanol–water partition coefficient (Wildman–Crippen LogP) is 12.0. The number of aliphatic hydroxyl groups is 5. The van der Waals surface area contributed by atoms with Crippen molar-refractivity contribution in [3.63, 3.8) is 0 Å². The molecule has 0 aromatic carbocycles. The Morgan fingerprint density at radius 2 is 0.919 bits per heavy atom. The predicted molar refractivity (Wildman–Crippen MR) is 258 cm³/mol. The van der Waals surface area contributed by atoms with E-state index in [1.54, 1.807) is 6.08 Å². The van der Waals surface area contributed by atoms with E-state index in [1.165, 1.54) is 167 Å². The highest BCUT2D eigenvalue weighted by molar-refractivity contribution is 5.76. The van der Waals surface area contributed by atoms with E-state index in [2.05, 4.69) is 43.5 Å². The highest BCUT2D eigenvalue weighted by Crippen LogP contribution is 2.23. The summed E-state index contributed by atoms with van der Waals surface area (Å²) in [5.74, 6) is -0.190. The summed E-state index contributed by atoms with van der Waals surface area (Å²) in [6.07, 6.45) is 47.7. The highest BCUT2D eigenvalue weighted by Gasteiger charge is 2.44. The molecule has 0 saturated carbocycles. The molecule has 1 rings (SSSR count). The Bertz CT molecular complexity index is 1070. The van der Waals surface area contributed by atoms with Gasteiger partial charge < -0.3 is 40.3 Å². The number of rotatable bonds is 44. The minimum atomic E-state index is -1.57. The van der Waals surface area contributed by atoms with Gasteiger partial charge in [-0.25, -0.2) is 0 Å². The Kier molecular flexibility index (Phi) is 40.8. The number of carbonyl (C=O) groups excluding carboxylic acids is 1. The van der Waals surface area contributed by atoms with Crippen LogP contribution < -0.4 is 5.32 Å². The number of aliphatic hydroxyl groups excluding tert-OH is 5. The van der Waals surface area contributed by atoms with Gasteiger partial charge in [0.25, 0.3) is 0 Å². The summed E-state index contributed by atoms with van der Waals surface area (Å²) in [4.78, 5) is 13.0. The van der Waals surface area contributed by atoms with Gasteiger partial charge in [0.05, 0.1) is 25.4 Å².